The Labute approximate surface area is 225 Å². The molecule has 1 amide bonds. The molecule has 4 heterocycles. The van der Waals surface area contributed by atoms with Gasteiger partial charge in [0.2, 0.25) is 5.95 Å². The third-order valence-electron chi connectivity index (χ3n) is 6.65. The number of nitrogens with zero attached hydrogens (tertiary/aromatic N) is 5. The average molecular weight is 536 g/mol. The van der Waals surface area contributed by atoms with E-state index in [0.717, 1.165) is 18.7 Å². The van der Waals surface area contributed by atoms with Gasteiger partial charge in [-0.15, -0.1) is 0 Å². The van der Waals surface area contributed by atoms with Gasteiger partial charge in [0.15, 0.2) is 0 Å². The summed E-state index contributed by atoms with van der Waals surface area (Å²) in [5, 5.41) is 10.8. The number of carbonyl (C=O) groups is 1. The number of amides is 1. The number of imidazole rings is 1. The summed E-state index contributed by atoms with van der Waals surface area (Å²) in [5.74, 6) is -0.754. The lowest BCUT2D eigenvalue weighted by Crippen LogP contribution is -2.53. The number of rotatable bonds is 5. The number of hydrogen-bond donors (Lipinski definition) is 2. The summed E-state index contributed by atoms with van der Waals surface area (Å²) in [4.78, 5) is 23.3. The lowest BCUT2D eigenvalue weighted by Gasteiger charge is -2.39. The van der Waals surface area contributed by atoms with Crippen molar-refractivity contribution in [2.75, 3.05) is 23.3 Å². The number of pyridine rings is 1. The highest BCUT2D eigenvalue weighted by molar-refractivity contribution is 5.74. The maximum Gasteiger partial charge on any atom is 0.407 e. The summed E-state index contributed by atoms with van der Waals surface area (Å²) in [6.45, 7) is 8.98. The van der Waals surface area contributed by atoms with Crippen LogP contribution in [0, 0.1) is 17.6 Å². The fourth-order valence-corrected chi connectivity index (χ4v) is 4.66. The van der Waals surface area contributed by atoms with Crippen LogP contribution in [0.1, 0.15) is 34.1 Å². The zero-order chi connectivity index (χ0) is 27.7. The second-order valence-corrected chi connectivity index (χ2v) is 10.7. The second kappa shape index (κ2) is 10.5. The van der Waals surface area contributed by atoms with Crippen molar-refractivity contribution in [2.24, 2.45) is 5.92 Å². The van der Waals surface area contributed by atoms with Crippen molar-refractivity contribution in [1.82, 2.24) is 24.9 Å². The van der Waals surface area contributed by atoms with E-state index in [9.17, 15) is 13.6 Å². The Kier molecular flexibility index (Phi) is 7.07. The standard InChI is InChI=1S/C28H31F2N7O2/c1-17-11-13-36(16-23(17)34-27(38)39-28(2,3)4)24-10-12-31-15-22(24)33-26-32-14-18-8-9-21(35-37(18)26)25-19(29)6-5-7-20(25)30/h5-10,12,14-15,17,23H,11,13,16H2,1-4H3,(H,32,33)(H,34,38). The third-order valence-corrected chi connectivity index (χ3v) is 6.65. The Morgan fingerprint density at radius 1 is 1.10 bits per heavy atom. The van der Waals surface area contributed by atoms with Gasteiger partial charge >= 0.3 is 6.09 Å². The summed E-state index contributed by atoms with van der Waals surface area (Å²) in [6.07, 6.45) is 5.44. The molecule has 0 saturated carbocycles. The third kappa shape index (κ3) is 5.76. The molecule has 1 aliphatic rings. The van der Waals surface area contributed by atoms with E-state index in [2.05, 4.69) is 37.5 Å². The number of anilines is 3. The molecule has 0 spiro atoms. The van der Waals surface area contributed by atoms with Crippen molar-refractivity contribution in [2.45, 2.75) is 45.8 Å². The fraction of sp³-hybridized carbons (Fsp3) is 0.357. The summed E-state index contributed by atoms with van der Waals surface area (Å²) in [5.41, 5.74) is 1.57. The zero-order valence-electron chi connectivity index (χ0n) is 22.3. The van der Waals surface area contributed by atoms with Crippen LogP contribution in [0.25, 0.3) is 16.8 Å². The number of hydrogen-bond acceptors (Lipinski definition) is 7. The molecule has 2 N–H and O–H groups in total. The highest BCUT2D eigenvalue weighted by Gasteiger charge is 2.30. The van der Waals surface area contributed by atoms with Crippen LogP contribution in [0.4, 0.5) is 30.9 Å². The fourth-order valence-electron chi connectivity index (χ4n) is 4.66. The monoisotopic (exact) mass is 535 g/mol. The van der Waals surface area contributed by atoms with E-state index in [-0.39, 0.29) is 23.2 Å². The van der Waals surface area contributed by atoms with Gasteiger partial charge < -0.3 is 20.3 Å². The van der Waals surface area contributed by atoms with Crippen LogP contribution in [0.3, 0.4) is 0 Å². The summed E-state index contributed by atoms with van der Waals surface area (Å²) < 4.78 is 35.8. The van der Waals surface area contributed by atoms with Gasteiger partial charge in [-0.3, -0.25) is 4.98 Å². The van der Waals surface area contributed by atoms with Gasteiger partial charge in [0.1, 0.15) is 17.2 Å². The van der Waals surface area contributed by atoms with Gasteiger partial charge in [0.05, 0.1) is 46.6 Å². The van der Waals surface area contributed by atoms with Gasteiger partial charge in [0.25, 0.3) is 0 Å². The molecular weight excluding hydrogens is 504 g/mol. The highest BCUT2D eigenvalue weighted by Crippen LogP contribution is 2.32. The predicted molar refractivity (Wildman–Crippen MR) is 145 cm³/mol. The Balaban J connectivity index is 1.40. The molecule has 0 radical (unpaired) electrons. The number of carbonyl (C=O) groups excluding carboxylic acids is 1. The van der Waals surface area contributed by atoms with Gasteiger partial charge in [0, 0.05) is 19.3 Å². The first-order chi connectivity index (χ1) is 18.6. The number of ether oxygens (including phenoxy) is 1. The van der Waals surface area contributed by atoms with Crippen LogP contribution in [-0.2, 0) is 4.74 Å². The molecule has 1 aromatic carbocycles. The van der Waals surface area contributed by atoms with E-state index >= 15 is 0 Å². The maximum atomic E-state index is 14.4. The molecule has 204 valence electrons. The van der Waals surface area contributed by atoms with Crippen LogP contribution < -0.4 is 15.5 Å². The molecule has 1 aliphatic heterocycles. The Hall–Kier alpha value is -4.28. The molecule has 0 aliphatic carbocycles. The molecule has 3 aromatic heterocycles. The van der Waals surface area contributed by atoms with Crippen LogP contribution >= 0.6 is 0 Å². The molecule has 11 heteroatoms. The van der Waals surface area contributed by atoms with Gasteiger partial charge in [-0.2, -0.15) is 9.61 Å². The number of nitrogens with one attached hydrogen (secondary N) is 2. The Morgan fingerprint density at radius 3 is 2.62 bits per heavy atom. The molecule has 9 nitrogen and oxygen atoms in total. The van der Waals surface area contributed by atoms with E-state index in [4.69, 9.17) is 4.74 Å². The molecule has 39 heavy (non-hydrogen) atoms. The number of fused-ring (bicyclic) bond motifs is 1. The summed E-state index contributed by atoms with van der Waals surface area (Å²) in [6, 6.07) is 8.76. The number of piperidine rings is 1. The smallest absolute Gasteiger partial charge is 0.407 e. The number of halogens is 2. The number of aromatic nitrogens is 4. The minimum absolute atomic E-state index is 0.109. The predicted octanol–water partition coefficient (Wildman–Crippen LogP) is 5.55. The van der Waals surface area contributed by atoms with Crippen molar-refractivity contribution in [3.8, 4) is 11.3 Å². The van der Waals surface area contributed by atoms with Crippen molar-refractivity contribution >= 4 is 28.9 Å². The van der Waals surface area contributed by atoms with Crippen molar-refractivity contribution in [1.29, 1.82) is 0 Å². The van der Waals surface area contributed by atoms with Crippen LogP contribution in [0.2, 0.25) is 0 Å². The maximum absolute atomic E-state index is 14.4. The molecule has 1 saturated heterocycles. The van der Waals surface area contributed by atoms with Crippen LogP contribution in [0.5, 0.6) is 0 Å². The van der Waals surface area contributed by atoms with E-state index in [1.54, 1.807) is 30.7 Å². The lowest BCUT2D eigenvalue weighted by molar-refractivity contribution is 0.0483. The molecule has 4 aromatic rings. The largest absolute Gasteiger partial charge is 0.444 e. The first-order valence-electron chi connectivity index (χ1n) is 12.8. The van der Waals surface area contributed by atoms with Crippen LogP contribution in [-0.4, -0.2) is 50.4 Å². The normalized spacial score (nSPS) is 17.7. The lowest BCUT2D eigenvalue weighted by atomic mass is 9.93. The van der Waals surface area contributed by atoms with Gasteiger partial charge in [-0.25, -0.2) is 18.6 Å². The molecular formula is C28H31F2N7O2. The quantitative estimate of drug-likeness (QED) is 0.346. The van der Waals surface area contributed by atoms with E-state index in [0.29, 0.717) is 23.7 Å². The highest BCUT2D eigenvalue weighted by atomic mass is 19.1. The SMILES string of the molecule is CC1CCN(c2ccncc2Nc2ncc3ccc(-c4c(F)cccc4F)nn23)CC1NC(=O)OC(C)(C)C. The second-order valence-electron chi connectivity index (χ2n) is 10.7. The van der Waals surface area contributed by atoms with Crippen molar-refractivity contribution in [3.05, 3.63) is 66.6 Å². The van der Waals surface area contributed by atoms with E-state index < -0.39 is 23.3 Å². The molecule has 1 fully saturated rings. The minimum atomic E-state index is -0.695. The van der Waals surface area contributed by atoms with Gasteiger partial charge in [-0.1, -0.05) is 13.0 Å². The summed E-state index contributed by atoms with van der Waals surface area (Å²) >= 11 is 0. The molecule has 2 unspecified atom stereocenters. The Bertz CT molecular complexity index is 1480. The number of benzene rings is 1. The summed E-state index contributed by atoms with van der Waals surface area (Å²) in [7, 11) is 0. The van der Waals surface area contributed by atoms with Crippen molar-refractivity contribution in [3.63, 3.8) is 0 Å². The van der Waals surface area contributed by atoms with Gasteiger partial charge in [-0.05, 0) is 63.4 Å². The molecule has 2 atom stereocenters. The van der Waals surface area contributed by atoms with E-state index in [1.165, 1.54) is 22.7 Å². The Morgan fingerprint density at radius 2 is 1.87 bits per heavy atom. The number of alkyl carbamates (subject to hydrolysis) is 1. The molecule has 5 rings (SSSR count). The van der Waals surface area contributed by atoms with Crippen LogP contribution in [0.15, 0.2) is 55.0 Å². The topological polar surface area (TPSA) is 96.7 Å². The molecule has 0 bridgehead atoms. The van der Waals surface area contributed by atoms with Crippen molar-refractivity contribution < 1.29 is 18.3 Å². The first kappa shape index (κ1) is 26.3. The first-order valence-corrected chi connectivity index (χ1v) is 12.8. The van der Waals surface area contributed by atoms with E-state index in [1.807, 2.05) is 26.8 Å². The zero-order valence-corrected chi connectivity index (χ0v) is 22.3. The average Bonchev–Trinajstić information content (AvgIpc) is 3.26. The minimum Gasteiger partial charge on any atom is -0.444 e.